The van der Waals surface area contributed by atoms with E-state index in [1.165, 1.54) is 49.6 Å². The summed E-state index contributed by atoms with van der Waals surface area (Å²) in [5, 5.41) is 4.28. The van der Waals surface area contributed by atoms with Crippen LogP contribution >= 0.6 is 0 Å². The second-order valence-electron chi connectivity index (χ2n) is 5.70. The smallest absolute Gasteiger partial charge is 0.338 e. The molecule has 0 aromatic heterocycles. The van der Waals surface area contributed by atoms with Crippen molar-refractivity contribution in [2.75, 3.05) is 25.6 Å². The predicted octanol–water partition coefficient (Wildman–Crippen LogP) is 1.20. The minimum atomic E-state index is -1.07. The second-order valence-corrected chi connectivity index (χ2v) is 5.70. The van der Waals surface area contributed by atoms with Gasteiger partial charge in [0.1, 0.15) is 5.82 Å². The van der Waals surface area contributed by atoms with Crippen LogP contribution in [0.3, 0.4) is 0 Å². The van der Waals surface area contributed by atoms with Gasteiger partial charge in [-0.1, -0.05) is 0 Å². The highest BCUT2D eigenvalue weighted by atomic mass is 19.1. The Labute approximate surface area is 170 Å². The number of ether oxygens (including phenoxy) is 3. The number of halogens is 1. The molecule has 0 saturated heterocycles. The Morgan fingerprint density at radius 1 is 0.967 bits per heavy atom. The van der Waals surface area contributed by atoms with Crippen LogP contribution in [0.5, 0.6) is 11.5 Å². The Hall–Kier alpha value is -4.15. The standard InChI is InChI=1S/C19H18FN3O7/c1-28-15-8-11(18(26)30-10-17(25)23-19(21)27)2-7-14(15)29-9-16(24)22-13-5-3-12(20)4-6-13/h2-8H,9-10H2,1H3,(H,22,24)(H3,21,23,25,27). The maximum atomic E-state index is 12.9. The third kappa shape index (κ3) is 6.78. The van der Waals surface area contributed by atoms with Crippen LogP contribution in [0.4, 0.5) is 14.9 Å². The van der Waals surface area contributed by atoms with E-state index in [-0.39, 0.29) is 23.7 Å². The Bertz CT molecular complexity index is 948. The van der Waals surface area contributed by atoms with Gasteiger partial charge in [0.25, 0.3) is 11.8 Å². The Morgan fingerprint density at radius 2 is 1.67 bits per heavy atom. The monoisotopic (exact) mass is 419 g/mol. The zero-order chi connectivity index (χ0) is 22.1. The molecule has 2 rings (SSSR count). The number of carbonyl (C=O) groups excluding carboxylic acids is 4. The minimum Gasteiger partial charge on any atom is -0.493 e. The molecule has 0 aliphatic heterocycles. The highest BCUT2D eigenvalue weighted by molar-refractivity contribution is 5.96. The summed E-state index contributed by atoms with van der Waals surface area (Å²) in [6, 6.07) is 8.15. The molecule has 0 aliphatic rings. The van der Waals surface area contributed by atoms with E-state index in [0.717, 1.165) is 0 Å². The molecule has 4 N–H and O–H groups in total. The van der Waals surface area contributed by atoms with E-state index in [2.05, 4.69) is 5.32 Å². The summed E-state index contributed by atoms with van der Waals surface area (Å²) in [6.45, 7) is -1.07. The predicted molar refractivity (Wildman–Crippen MR) is 102 cm³/mol. The SMILES string of the molecule is COc1cc(C(=O)OCC(=O)NC(N)=O)ccc1OCC(=O)Nc1ccc(F)cc1. The van der Waals surface area contributed by atoms with Gasteiger partial charge in [-0.2, -0.15) is 0 Å². The molecular weight excluding hydrogens is 401 g/mol. The summed E-state index contributed by atoms with van der Waals surface area (Å²) >= 11 is 0. The van der Waals surface area contributed by atoms with E-state index < -0.39 is 36.2 Å². The van der Waals surface area contributed by atoms with Gasteiger partial charge in [-0.3, -0.25) is 14.9 Å². The van der Waals surface area contributed by atoms with Gasteiger partial charge in [0, 0.05) is 5.69 Å². The average molecular weight is 419 g/mol. The molecule has 0 radical (unpaired) electrons. The Balaban J connectivity index is 1.93. The molecule has 0 unspecified atom stereocenters. The zero-order valence-corrected chi connectivity index (χ0v) is 15.8. The molecule has 2 aromatic carbocycles. The molecule has 11 heteroatoms. The van der Waals surface area contributed by atoms with Gasteiger partial charge in [-0.25, -0.2) is 14.0 Å². The minimum absolute atomic E-state index is 0.0434. The van der Waals surface area contributed by atoms with Crippen LogP contribution in [0.25, 0.3) is 0 Å². The number of carbonyl (C=O) groups is 4. The molecular formula is C19H18FN3O7. The van der Waals surface area contributed by atoms with Crippen LogP contribution in [0.15, 0.2) is 42.5 Å². The summed E-state index contributed by atoms with van der Waals surface area (Å²) in [6.07, 6.45) is 0. The highest BCUT2D eigenvalue weighted by Gasteiger charge is 2.15. The fourth-order valence-electron chi connectivity index (χ4n) is 2.18. The first-order valence-corrected chi connectivity index (χ1v) is 8.41. The lowest BCUT2D eigenvalue weighted by Crippen LogP contribution is -2.37. The molecule has 30 heavy (non-hydrogen) atoms. The van der Waals surface area contributed by atoms with Crippen LogP contribution in [-0.2, 0) is 14.3 Å². The molecule has 0 fully saturated rings. The van der Waals surface area contributed by atoms with Gasteiger partial charge in [-0.05, 0) is 42.5 Å². The van der Waals surface area contributed by atoms with E-state index in [0.29, 0.717) is 5.69 Å². The van der Waals surface area contributed by atoms with Gasteiger partial charge >= 0.3 is 12.0 Å². The van der Waals surface area contributed by atoms with Gasteiger partial charge in [0.05, 0.1) is 12.7 Å². The van der Waals surface area contributed by atoms with Crippen molar-refractivity contribution in [2.45, 2.75) is 0 Å². The van der Waals surface area contributed by atoms with Gasteiger partial charge < -0.3 is 25.3 Å². The Morgan fingerprint density at radius 3 is 2.30 bits per heavy atom. The number of imide groups is 1. The van der Waals surface area contributed by atoms with E-state index in [1.54, 1.807) is 5.32 Å². The first kappa shape index (κ1) is 22.1. The molecule has 0 saturated carbocycles. The summed E-state index contributed by atoms with van der Waals surface area (Å²) in [7, 11) is 1.33. The molecule has 2 aromatic rings. The van der Waals surface area contributed by atoms with Crippen LogP contribution in [-0.4, -0.2) is 44.1 Å². The number of anilines is 1. The molecule has 0 aliphatic carbocycles. The fourth-order valence-corrected chi connectivity index (χ4v) is 2.18. The molecule has 0 heterocycles. The first-order valence-electron chi connectivity index (χ1n) is 8.41. The number of benzene rings is 2. The van der Waals surface area contributed by atoms with E-state index in [9.17, 15) is 23.6 Å². The third-order valence-corrected chi connectivity index (χ3v) is 3.48. The third-order valence-electron chi connectivity index (χ3n) is 3.48. The summed E-state index contributed by atoms with van der Waals surface area (Å²) in [4.78, 5) is 45.8. The molecule has 4 amide bonds. The number of nitrogens with one attached hydrogen (secondary N) is 2. The van der Waals surface area contributed by atoms with Crippen molar-refractivity contribution < 1.29 is 37.8 Å². The number of hydrogen-bond donors (Lipinski definition) is 3. The van der Waals surface area contributed by atoms with Gasteiger partial charge in [0.2, 0.25) is 0 Å². The number of nitrogens with two attached hydrogens (primary N) is 1. The molecule has 10 nitrogen and oxygen atoms in total. The number of methoxy groups -OCH3 is 1. The van der Waals surface area contributed by atoms with Crippen molar-refractivity contribution in [1.29, 1.82) is 0 Å². The first-order chi connectivity index (χ1) is 14.3. The number of esters is 1. The van der Waals surface area contributed by atoms with Crippen LogP contribution in [0, 0.1) is 5.82 Å². The zero-order valence-electron chi connectivity index (χ0n) is 15.8. The van der Waals surface area contributed by atoms with Crippen molar-refractivity contribution in [3.05, 3.63) is 53.8 Å². The Kier molecular flexibility index (Phi) is 7.68. The van der Waals surface area contributed by atoms with Crippen molar-refractivity contribution in [3.8, 4) is 11.5 Å². The summed E-state index contributed by atoms with van der Waals surface area (Å²) in [5.41, 5.74) is 5.22. The van der Waals surface area contributed by atoms with Crippen molar-refractivity contribution in [2.24, 2.45) is 5.73 Å². The number of urea groups is 1. The number of hydrogen-bond acceptors (Lipinski definition) is 7. The highest BCUT2D eigenvalue weighted by Crippen LogP contribution is 2.28. The van der Waals surface area contributed by atoms with Crippen LogP contribution in [0.1, 0.15) is 10.4 Å². The second kappa shape index (κ2) is 10.4. The topological polar surface area (TPSA) is 146 Å². The van der Waals surface area contributed by atoms with Gasteiger partial charge in [-0.15, -0.1) is 0 Å². The van der Waals surface area contributed by atoms with E-state index >= 15 is 0 Å². The summed E-state index contributed by atoms with van der Waals surface area (Å²) in [5.74, 6) is -2.34. The molecule has 158 valence electrons. The van der Waals surface area contributed by atoms with Crippen LogP contribution in [0.2, 0.25) is 0 Å². The van der Waals surface area contributed by atoms with Crippen molar-refractivity contribution in [3.63, 3.8) is 0 Å². The maximum absolute atomic E-state index is 12.9. The number of amides is 4. The molecule has 0 atom stereocenters. The van der Waals surface area contributed by atoms with Crippen molar-refractivity contribution in [1.82, 2.24) is 5.32 Å². The maximum Gasteiger partial charge on any atom is 0.338 e. The number of rotatable bonds is 8. The fraction of sp³-hybridized carbons (Fsp3) is 0.158. The van der Waals surface area contributed by atoms with E-state index in [1.807, 2.05) is 0 Å². The largest absolute Gasteiger partial charge is 0.493 e. The lowest BCUT2D eigenvalue weighted by atomic mass is 10.2. The normalized spacial score (nSPS) is 9.93. The lowest BCUT2D eigenvalue weighted by Gasteiger charge is -2.12. The summed E-state index contributed by atoms with van der Waals surface area (Å²) < 4.78 is 28.2. The molecule has 0 bridgehead atoms. The lowest BCUT2D eigenvalue weighted by molar-refractivity contribution is -0.123. The number of primary amides is 1. The van der Waals surface area contributed by atoms with Gasteiger partial charge in [0.15, 0.2) is 24.7 Å². The van der Waals surface area contributed by atoms with Crippen molar-refractivity contribution >= 4 is 29.5 Å². The van der Waals surface area contributed by atoms with Crippen LogP contribution < -0.4 is 25.8 Å². The quantitative estimate of drug-likeness (QED) is 0.545. The van der Waals surface area contributed by atoms with E-state index in [4.69, 9.17) is 19.9 Å². The molecule has 0 spiro atoms. The average Bonchev–Trinajstić information content (AvgIpc) is 2.71.